The van der Waals surface area contributed by atoms with Gasteiger partial charge in [-0.1, -0.05) is 35.6 Å². The van der Waals surface area contributed by atoms with Crippen LogP contribution < -0.4 is 5.32 Å². The Bertz CT molecular complexity index is 915. The molecule has 0 saturated carbocycles. The summed E-state index contributed by atoms with van der Waals surface area (Å²) in [5, 5.41) is 3.27. The number of nitrogens with zero attached hydrogens (tertiary/aromatic N) is 2. The van der Waals surface area contributed by atoms with Crippen molar-refractivity contribution in [1.82, 2.24) is 4.98 Å². The van der Waals surface area contributed by atoms with Crippen molar-refractivity contribution in [3.8, 4) is 0 Å². The zero-order chi connectivity index (χ0) is 15.8. The van der Waals surface area contributed by atoms with Crippen LogP contribution in [0.5, 0.6) is 0 Å². The van der Waals surface area contributed by atoms with Crippen LogP contribution in [0.2, 0.25) is 0 Å². The second-order valence-corrected chi connectivity index (χ2v) is 6.23. The number of thiazole rings is 1. The van der Waals surface area contributed by atoms with E-state index < -0.39 is 5.97 Å². The molecule has 0 saturated heterocycles. The summed E-state index contributed by atoms with van der Waals surface area (Å²) in [7, 11) is 0. The number of fused-ring (bicyclic) bond motifs is 2. The van der Waals surface area contributed by atoms with Crippen molar-refractivity contribution >= 4 is 38.6 Å². The fraction of sp³-hybridized carbons (Fsp3) is 0.118. The fourth-order valence-electron chi connectivity index (χ4n) is 2.69. The molecule has 114 valence electrons. The lowest BCUT2D eigenvalue weighted by atomic mass is 9.96. The van der Waals surface area contributed by atoms with Crippen molar-refractivity contribution in [3.05, 3.63) is 59.2 Å². The monoisotopic (exact) mass is 325 g/mol. The van der Waals surface area contributed by atoms with Gasteiger partial charge < -0.3 is 0 Å². The van der Waals surface area contributed by atoms with Gasteiger partial charge in [0, 0.05) is 12.1 Å². The van der Waals surface area contributed by atoms with Crippen molar-refractivity contribution in [3.63, 3.8) is 0 Å². The van der Waals surface area contributed by atoms with Crippen LogP contribution >= 0.6 is 11.3 Å². The Labute approximate surface area is 135 Å². The zero-order valence-electron chi connectivity index (χ0n) is 12.0. The molecule has 2 heterocycles. The number of para-hydroxylation sites is 1. The molecule has 4 nitrogen and oxygen atoms in total. The smallest absolute Gasteiger partial charge is 0.258 e. The molecule has 0 spiro atoms. The molecule has 23 heavy (non-hydrogen) atoms. The van der Waals surface area contributed by atoms with E-state index in [1.54, 1.807) is 12.1 Å². The highest BCUT2D eigenvalue weighted by Crippen LogP contribution is 2.27. The summed E-state index contributed by atoms with van der Waals surface area (Å²) in [6, 6.07) is 12.9. The van der Waals surface area contributed by atoms with E-state index in [2.05, 4.69) is 15.3 Å². The Morgan fingerprint density at radius 2 is 2.04 bits per heavy atom. The van der Waals surface area contributed by atoms with Crippen LogP contribution in [0, 0.1) is 0 Å². The number of aliphatic imine (C=N–C) groups is 1. The number of carbonyl (C=O) groups excluding carboxylic acids is 1. The number of halogens is 1. The van der Waals surface area contributed by atoms with E-state index >= 15 is 0 Å². The van der Waals surface area contributed by atoms with Crippen LogP contribution in [0.25, 0.3) is 10.2 Å². The molecular weight excluding hydrogens is 313 g/mol. The van der Waals surface area contributed by atoms with Gasteiger partial charge in [0.15, 0.2) is 5.13 Å². The molecule has 1 aliphatic heterocycles. The maximum Gasteiger partial charge on any atom is 0.258 e. The van der Waals surface area contributed by atoms with E-state index in [0.29, 0.717) is 29.2 Å². The molecule has 1 aliphatic rings. The first-order chi connectivity index (χ1) is 11.2. The SMILES string of the molecule is O=C(Nc1nc2ccccc2s1)c1cccc2c1C(F)=NCC2. The van der Waals surface area contributed by atoms with E-state index in [1.807, 2.05) is 30.3 Å². The summed E-state index contributed by atoms with van der Waals surface area (Å²) in [4.78, 5) is 20.7. The molecule has 0 atom stereocenters. The summed E-state index contributed by atoms with van der Waals surface area (Å²) in [6.45, 7) is 0.418. The molecule has 1 N–H and O–H groups in total. The minimum Gasteiger partial charge on any atom is -0.298 e. The predicted molar refractivity (Wildman–Crippen MR) is 90.2 cm³/mol. The largest absolute Gasteiger partial charge is 0.298 e. The van der Waals surface area contributed by atoms with E-state index in [-0.39, 0.29) is 5.91 Å². The van der Waals surface area contributed by atoms with E-state index in [1.165, 1.54) is 11.3 Å². The topological polar surface area (TPSA) is 54.4 Å². The highest BCUT2D eigenvalue weighted by Gasteiger charge is 2.22. The molecule has 0 unspecified atom stereocenters. The normalized spacial score (nSPS) is 13.5. The minimum absolute atomic E-state index is 0.294. The molecule has 0 aliphatic carbocycles. The predicted octanol–water partition coefficient (Wildman–Crippen LogP) is 3.82. The summed E-state index contributed by atoms with van der Waals surface area (Å²) < 4.78 is 15.1. The lowest BCUT2D eigenvalue weighted by Crippen LogP contribution is -2.19. The number of anilines is 1. The third-order valence-electron chi connectivity index (χ3n) is 3.75. The van der Waals surface area contributed by atoms with Crippen molar-refractivity contribution in [2.45, 2.75) is 6.42 Å². The number of aromatic nitrogens is 1. The number of rotatable bonds is 2. The molecule has 1 amide bonds. The van der Waals surface area contributed by atoms with Crippen molar-refractivity contribution in [1.29, 1.82) is 0 Å². The summed E-state index contributed by atoms with van der Waals surface area (Å²) in [5.41, 5.74) is 2.24. The van der Waals surface area contributed by atoms with Gasteiger partial charge >= 0.3 is 0 Å². The van der Waals surface area contributed by atoms with Gasteiger partial charge in [0.2, 0.25) is 5.97 Å². The van der Waals surface area contributed by atoms with Crippen LogP contribution in [-0.2, 0) is 6.42 Å². The van der Waals surface area contributed by atoms with E-state index in [0.717, 1.165) is 15.8 Å². The van der Waals surface area contributed by atoms with Crippen LogP contribution in [-0.4, -0.2) is 23.4 Å². The molecule has 0 fully saturated rings. The van der Waals surface area contributed by atoms with Crippen molar-refractivity contribution in [2.75, 3.05) is 11.9 Å². The first-order valence-electron chi connectivity index (χ1n) is 7.21. The Balaban J connectivity index is 1.69. The van der Waals surface area contributed by atoms with Gasteiger partial charge in [-0.15, -0.1) is 0 Å². The third-order valence-corrected chi connectivity index (χ3v) is 4.70. The van der Waals surface area contributed by atoms with Gasteiger partial charge in [-0.25, -0.2) is 4.98 Å². The molecule has 0 bridgehead atoms. The molecule has 0 radical (unpaired) electrons. The highest BCUT2D eigenvalue weighted by molar-refractivity contribution is 7.22. The fourth-order valence-corrected chi connectivity index (χ4v) is 3.55. The highest BCUT2D eigenvalue weighted by atomic mass is 32.1. The van der Waals surface area contributed by atoms with Crippen LogP contribution in [0.15, 0.2) is 47.5 Å². The van der Waals surface area contributed by atoms with Gasteiger partial charge in [-0.2, -0.15) is 4.39 Å². The summed E-state index contributed by atoms with van der Waals surface area (Å²) >= 11 is 1.39. The Hall–Kier alpha value is -2.60. The maximum absolute atomic E-state index is 14.1. The molecular formula is C17H12FN3OS. The lowest BCUT2D eigenvalue weighted by molar-refractivity contribution is 0.102. The first kappa shape index (κ1) is 14.0. The Kier molecular flexibility index (Phi) is 3.38. The number of carbonyl (C=O) groups is 1. The van der Waals surface area contributed by atoms with E-state index in [9.17, 15) is 9.18 Å². The van der Waals surface area contributed by atoms with Gasteiger partial charge in [-0.05, 0) is 30.2 Å². The van der Waals surface area contributed by atoms with Gasteiger partial charge in [0.25, 0.3) is 5.91 Å². The number of nitrogens with one attached hydrogen (secondary N) is 1. The zero-order valence-corrected chi connectivity index (χ0v) is 12.9. The molecule has 6 heteroatoms. The molecule has 1 aromatic heterocycles. The van der Waals surface area contributed by atoms with Gasteiger partial charge in [0.1, 0.15) is 0 Å². The number of hydrogen-bond acceptors (Lipinski definition) is 4. The lowest BCUT2D eigenvalue weighted by Gasteiger charge is -2.15. The van der Waals surface area contributed by atoms with E-state index in [4.69, 9.17) is 0 Å². The molecule has 2 aromatic carbocycles. The Morgan fingerprint density at radius 3 is 2.91 bits per heavy atom. The summed E-state index contributed by atoms with van der Waals surface area (Å²) in [6.07, 6.45) is 0.644. The quantitative estimate of drug-likeness (QED) is 0.779. The molecule has 4 rings (SSSR count). The van der Waals surface area contributed by atoms with Gasteiger partial charge in [0.05, 0.1) is 15.8 Å². The number of amides is 1. The third kappa shape index (κ3) is 2.51. The number of hydrogen-bond donors (Lipinski definition) is 1. The second kappa shape index (κ2) is 5.55. The summed E-state index contributed by atoms with van der Waals surface area (Å²) in [5.74, 6) is -0.936. The van der Waals surface area contributed by atoms with Crippen LogP contribution in [0.3, 0.4) is 0 Å². The van der Waals surface area contributed by atoms with Crippen molar-refractivity contribution < 1.29 is 9.18 Å². The standard InChI is InChI=1S/C17H12FN3OS/c18-15-14-10(8-9-19-15)4-3-5-11(14)16(22)21-17-20-12-6-1-2-7-13(12)23-17/h1-7H,8-9H2,(H,20,21,22). The minimum atomic E-state index is -0.568. The van der Waals surface area contributed by atoms with Gasteiger partial charge in [-0.3, -0.25) is 15.1 Å². The Morgan fingerprint density at radius 1 is 1.17 bits per heavy atom. The first-order valence-corrected chi connectivity index (χ1v) is 8.03. The maximum atomic E-state index is 14.1. The molecule has 3 aromatic rings. The second-order valence-electron chi connectivity index (χ2n) is 5.20. The van der Waals surface area contributed by atoms with Crippen LogP contribution in [0.1, 0.15) is 21.5 Å². The average Bonchev–Trinajstić information content (AvgIpc) is 2.96. The van der Waals surface area contributed by atoms with Crippen LogP contribution in [0.4, 0.5) is 9.52 Å². The number of benzene rings is 2. The van der Waals surface area contributed by atoms with Crippen molar-refractivity contribution in [2.24, 2.45) is 4.99 Å². The average molecular weight is 325 g/mol.